The predicted molar refractivity (Wildman–Crippen MR) is 83.5 cm³/mol. The van der Waals surface area contributed by atoms with Crippen LogP contribution in [0.15, 0.2) is 42.5 Å². The molecule has 0 bridgehead atoms. The lowest BCUT2D eigenvalue weighted by Crippen LogP contribution is -2.10. The van der Waals surface area contributed by atoms with Gasteiger partial charge in [-0.1, -0.05) is 29.8 Å². The van der Waals surface area contributed by atoms with Gasteiger partial charge in [0, 0.05) is 23.4 Å². The second-order valence-corrected chi connectivity index (χ2v) is 5.12. The molecule has 0 aliphatic carbocycles. The van der Waals surface area contributed by atoms with Crippen molar-refractivity contribution in [2.24, 2.45) is 5.73 Å². The van der Waals surface area contributed by atoms with Gasteiger partial charge >= 0.3 is 0 Å². The Bertz CT molecular complexity index is 566. The standard InChI is InChI=1S/C16H19ClN2/c1-12-4-3-5-14(10-12)19(2)15-7-6-13(8-9-18)16(17)11-15/h3-7,10-11H,8-9,18H2,1-2H3. The summed E-state index contributed by atoms with van der Waals surface area (Å²) < 4.78 is 0. The monoisotopic (exact) mass is 274 g/mol. The van der Waals surface area contributed by atoms with E-state index < -0.39 is 0 Å². The van der Waals surface area contributed by atoms with E-state index in [0.717, 1.165) is 28.4 Å². The molecule has 0 aliphatic rings. The molecular weight excluding hydrogens is 256 g/mol. The summed E-state index contributed by atoms with van der Waals surface area (Å²) in [6.07, 6.45) is 0.813. The van der Waals surface area contributed by atoms with Gasteiger partial charge in [0.15, 0.2) is 0 Å². The SMILES string of the molecule is Cc1cccc(N(C)c2ccc(CCN)c(Cl)c2)c1. The summed E-state index contributed by atoms with van der Waals surface area (Å²) in [6, 6.07) is 14.5. The molecule has 19 heavy (non-hydrogen) atoms. The number of benzene rings is 2. The van der Waals surface area contributed by atoms with Crippen molar-refractivity contribution in [3.8, 4) is 0 Å². The van der Waals surface area contributed by atoms with Crippen molar-refractivity contribution in [1.82, 2.24) is 0 Å². The Morgan fingerprint density at radius 2 is 1.84 bits per heavy atom. The zero-order chi connectivity index (χ0) is 13.8. The van der Waals surface area contributed by atoms with Crippen LogP contribution in [-0.2, 0) is 6.42 Å². The molecule has 0 fully saturated rings. The van der Waals surface area contributed by atoms with Crippen LogP contribution < -0.4 is 10.6 Å². The molecule has 0 saturated carbocycles. The van der Waals surface area contributed by atoms with E-state index in [1.54, 1.807) is 0 Å². The average Bonchev–Trinajstić information content (AvgIpc) is 2.40. The van der Waals surface area contributed by atoms with Gasteiger partial charge < -0.3 is 10.6 Å². The van der Waals surface area contributed by atoms with Gasteiger partial charge in [0.05, 0.1) is 0 Å². The molecule has 2 nitrogen and oxygen atoms in total. The van der Waals surface area contributed by atoms with E-state index in [2.05, 4.69) is 48.2 Å². The van der Waals surface area contributed by atoms with Crippen LogP contribution in [0.4, 0.5) is 11.4 Å². The van der Waals surface area contributed by atoms with Crippen LogP contribution in [0.3, 0.4) is 0 Å². The highest BCUT2D eigenvalue weighted by Gasteiger charge is 2.07. The lowest BCUT2D eigenvalue weighted by molar-refractivity contribution is 0.968. The van der Waals surface area contributed by atoms with Crippen LogP contribution in [0.2, 0.25) is 5.02 Å². The maximum absolute atomic E-state index is 6.29. The van der Waals surface area contributed by atoms with E-state index in [9.17, 15) is 0 Å². The summed E-state index contributed by atoms with van der Waals surface area (Å²) in [6.45, 7) is 2.71. The van der Waals surface area contributed by atoms with Crippen LogP contribution in [0, 0.1) is 6.92 Å². The summed E-state index contributed by atoms with van der Waals surface area (Å²) in [5.74, 6) is 0. The molecule has 2 rings (SSSR count). The van der Waals surface area contributed by atoms with Crippen molar-refractivity contribution >= 4 is 23.0 Å². The number of hydrogen-bond acceptors (Lipinski definition) is 2. The number of hydrogen-bond donors (Lipinski definition) is 1. The van der Waals surface area contributed by atoms with E-state index in [1.807, 2.05) is 13.1 Å². The Labute approximate surface area is 119 Å². The zero-order valence-electron chi connectivity index (χ0n) is 11.4. The number of anilines is 2. The summed E-state index contributed by atoms with van der Waals surface area (Å²) >= 11 is 6.29. The molecule has 0 amide bonds. The Hall–Kier alpha value is -1.51. The lowest BCUT2D eigenvalue weighted by Gasteiger charge is -2.21. The first-order valence-electron chi connectivity index (χ1n) is 6.40. The van der Waals surface area contributed by atoms with Crippen molar-refractivity contribution in [1.29, 1.82) is 0 Å². The van der Waals surface area contributed by atoms with Gasteiger partial charge in [-0.05, 0) is 55.3 Å². The predicted octanol–water partition coefficient (Wildman–Crippen LogP) is 3.92. The van der Waals surface area contributed by atoms with E-state index in [4.69, 9.17) is 17.3 Å². The molecule has 0 unspecified atom stereocenters. The Kier molecular flexibility index (Phi) is 4.46. The molecule has 0 atom stereocenters. The summed E-state index contributed by atoms with van der Waals surface area (Å²) in [5.41, 5.74) is 10.1. The highest BCUT2D eigenvalue weighted by Crippen LogP contribution is 2.28. The summed E-state index contributed by atoms with van der Waals surface area (Å²) in [4.78, 5) is 2.13. The third-order valence-corrected chi connectivity index (χ3v) is 3.58. The first kappa shape index (κ1) is 13.9. The summed E-state index contributed by atoms with van der Waals surface area (Å²) in [7, 11) is 2.04. The van der Waals surface area contributed by atoms with Crippen LogP contribution in [-0.4, -0.2) is 13.6 Å². The minimum atomic E-state index is 0.618. The third kappa shape index (κ3) is 3.28. The van der Waals surface area contributed by atoms with E-state index in [-0.39, 0.29) is 0 Å². The van der Waals surface area contributed by atoms with Gasteiger partial charge in [0.25, 0.3) is 0 Å². The first-order valence-corrected chi connectivity index (χ1v) is 6.78. The van der Waals surface area contributed by atoms with Gasteiger partial charge in [-0.15, -0.1) is 0 Å². The molecular formula is C16H19ClN2. The van der Waals surface area contributed by atoms with Crippen LogP contribution in [0.5, 0.6) is 0 Å². The van der Waals surface area contributed by atoms with Crippen LogP contribution in [0.1, 0.15) is 11.1 Å². The van der Waals surface area contributed by atoms with E-state index >= 15 is 0 Å². The fraction of sp³-hybridized carbons (Fsp3) is 0.250. The Morgan fingerprint density at radius 3 is 2.47 bits per heavy atom. The fourth-order valence-corrected chi connectivity index (χ4v) is 2.36. The number of aryl methyl sites for hydroxylation is 1. The highest BCUT2D eigenvalue weighted by molar-refractivity contribution is 6.31. The van der Waals surface area contributed by atoms with Gasteiger partial charge in [0.2, 0.25) is 0 Å². The highest BCUT2D eigenvalue weighted by atomic mass is 35.5. The van der Waals surface area contributed by atoms with Crippen molar-refractivity contribution in [3.05, 3.63) is 58.6 Å². The zero-order valence-corrected chi connectivity index (χ0v) is 12.1. The Morgan fingerprint density at radius 1 is 1.11 bits per heavy atom. The third-order valence-electron chi connectivity index (χ3n) is 3.23. The minimum absolute atomic E-state index is 0.618. The minimum Gasteiger partial charge on any atom is -0.345 e. The maximum atomic E-state index is 6.29. The molecule has 3 heteroatoms. The van der Waals surface area contributed by atoms with Gasteiger partial charge in [0.1, 0.15) is 0 Å². The molecule has 0 radical (unpaired) electrons. The van der Waals surface area contributed by atoms with Crippen molar-refractivity contribution < 1.29 is 0 Å². The number of nitrogens with zero attached hydrogens (tertiary/aromatic N) is 1. The molecule has 0 spiro atoms. The molecule has 2 aromatic rings. The first-order chi connectivity index (χ1) is 9.11. The molecule has 0 saturated heterocycles. The van der Waals surface area contributed by atoms with Gasteiger partial charge in [-0.25, -0.2) is 0 Å². The molecule has 0 heterocycles. The molecule has 0 aromatic heterocycles. The average molecular weight is 275 g/mol. The van der Waals surface area contributed by atoms with Gasteiger partial charge in [-0.3, -0.25) is 0 Å². The lowest BCUT2D eigenvalue weighted by atomic mass is 10.1. The van der Waals surface area contributed by atoms with Crippen molar-refractivity contribution in [2.75, 3.05) is 18.5 Å². The van der Waals surface area contributed by atoms with Crippen LogP contribution >= 0.6 is 11.6 Å². The maximum Gasteiger partial charge on any atom is 0.0459 e. The fourth-order valence-electron chi connectivity index (χ4n) is 2.09. The number of halogens is 1. The molecule has 2 aromatic carbocycles. The van der Waals surface area contributed by atoms with E-state index in [0.29, 0.717) is 6.54 Å². The largest absolute Gasteiger partial charge is 0.345 e. The van der Waals surface area contributed by atoms with Gasteiger partial charge in [-0.2, -0.15) is 0 Å². The number of rotatable bonds is 4. The molecule has 0 aliphatic heterocycles. The van der Waals surface area contributed by atoms with E-state index in [1.165, 1.54) is 5.56 Å². The number of nitrogens with two attached hydrogens (primary N) is 1. The smallest absolute Gasteiger partial charge is 0.0459 e. The molecule has 2 N–H and O–H groups in total. The Balaban J connectivity index is 2.29. The molecule has 100 valence electrons. The topological polar surface area (TPSA) is 29.3 Å². The van der Waals surface area contributed by atoms with Crippen molar-refractivity contribution in [3.63, 3.8) is 0 Å². The second-order valence-electron chi connectivity index (χ2n) is 4.71. The van der Waals surface area contributed by atoms with Crippen LogP contribution in [0.25, 0.3) is 0 Å². The van der Waals surface area contributed by atoms with Crippen molar-refractivity contribution in [2.45, 2.75) is 13.3 Å². The second kappa shape index (κ2) is 6.09. The normalized spacial score (nSPS) is 10.5. The quantitative estimate of drug-likeness (QED) is 0.916. The summed E-state index contributed by atoms with van der Waals surface area (Å²) in [5, 5.41) is 0.780.